The fourth-order valence-corrected chi connectivity index (χ4v) is 2.85. The first-order valence-corrected chi connectivity index (χ1v) is 8.40. The Morgan fingerprint density at radius 3 is 2.71 bits per heavy atom. The van der Waals surface area contributed by atoms with E-state index in [0.29, 0.717) is 11.1 Å². The Balaban J connectivity index is 1.65. The molecule has 0 saturated heterocycles. The summed E-state index contributed by atoms with van der Waals surface area (Å²) in [7, 11) is 2.13. The van der Waals surface area contributed by atoms with Crippen LogP contribution in [-0.4, -0.2) is 32.8 Å². The van der Waals surface area contributed by atoms with Crippen molar-refractivity contribution in [3.63, 3.8) is 0 Å². The molecule has 5 heteroatoms. The topological polar surface area (TPSA) is 34.0 Å². The van der Waals surface area contributed by atoms with E-state index in [9.17, 15) is 0 Å². The van der Waals surface area contributed by atoms with Crippen molar-refractivity contribution in [2.75, 3.05) is 7.05 Å². The van der Waals surface area contributed by atoms with Crippen molar-refractivity contribution in [1.82, 2.24) is 19.7 Å². The third-order valence-corrected chi connectivity index (χ3v) is 4.47. The number of aromatic nitrogens is 3. The van der Waals surface area contributed by atoms with Gasteiger partial charge in [-0.05, 0) is 38.2 Å². The Morgan fingerprint density at radius 1 is 1.17 bits per heavy atom. The molecule has 124 valence electrons. The van der Waals surface area contributed by atoms with Gasteiger partial charge in [0, 0.05) is 42.7 Å². The van der Waals surface area contributed by atoms with Gasteiger partial charge in [-0.3, -0.25) is 9.88 Å². The van der Waals surface area contributed by atoms with Crippen LogP contribution in [0.5, 0.6) is 0 Å². The van der Waals surface area contributed by atoms with Crippen LogP contribution in [0.15, 0.2) is 61.1 Å². The van der Waals surface area contributed by atoms with Gasteiger partial charge in [0.15, 0.2) is 0 Å². The predicted molar refractivity (Wildman–Crippen MR) is 97.4 cm³/mol. The summed E-state index contributed by atoms with van der Waals surface area (Å²) in [6, 6.07) is 14.2. The summed E-state index contributed by atoms with van der Waals surface area (Å²) in [6.45, 7) is 3.05. The highest BCUT2D eigenvalue weighted by molar-refractivity contribution is 6.32. The zero-order valence-corrected chi connectivity index (χ0v) is 14.7. The van der Waals surface area contributed by atoms with Crippen LogP contribution in [0.25, 0.3) is 5.69 Å². The summed E-state index contributed by atoms with van der Waals surface area (Å²) in [4.78, 5) is 6.71. The van der Waals surface area contributed by atoms with E-state index in [1.165, 1.54) is 0 Å². The molecule has 0 aliphatic heterocycles. The molecule has 4 nitrogen and oxygen atoms in total. The van der Waals surface area contributed by atoms with Gasteiger partial charge < -0.3 is 0 Å². The molecule has 1 atom stereocenters. The van der Waals surface area contributed by atoms with Gasteiger partial charge in [0.2, 0.25) is 0 Å². The molecule has 3 rings (SSSR count). The number of benzene rings is 1. The third-order valence-electron chi connectivity index (χ3n) is 4.15. The van der Waals surface area contributed by atoms with Crippen molar-refractivity contribution in [3.8, 4) is 5.69 Å². The first-order chi connectivity index (χ1) is 11.6. The maximum Gasteiger partial charge on any atom is 0.0831 e. The summed E-state index contributed by atoms with van der Waals surface area (Å²) in [5.74, 6) is 0. The third kappa shape index (κ3) is 4.02. The normalized spacial score (nSPS) is 12.5. The van der Waals surface area contributed by atoms with Crippen LogP contribution >= 0.6 is 11.6 Å². The maximum absolute atomic E-state index is 6.24. The van der Waals surface area contributed by atoms with Crippen molar-refractivity contribution in [2.24, 2.45) is 0 Å². The monoisotopic (exact) mass is 340 g/mol. The van der Waals surface area contributed by atoms with Gasteiger partial charge in [0.25, 0.3) is 0 Å². The van der Waals surface area contributed by atoms with E-state index >= 15 is 0 Å². The molecule has 1 aromatic carbocycles. The Morgan fingerprint density at radius 2 is 1.96 bits per heavy atom. The molecule has 2 aromatic heterocycles. The minimum absolute atomic E-state index is 0.392. The van der Waals surface area contributed by atoms with Crippen molar-refractivity contribution in [3.05, 3.63) is 77.3 Å². The fraction of sp³-hybridized carbons (Fsp3) is 0.263. The van der Waals surface area contributed by atoms with Gasteiger partial charge in [0.1, 0.15) is 0 Å². The van der Waals surface area contributed by atoms with Crippen molar-refractivity contribution in [2.45, 2.75) is 25.9 Å². The Hall–Kier alpha value is -2.17. The minimum atomic E-state index is 0.392. The number of rotatable bonds is 6. The van der Waals surface area contributed by atoms with E-state index in [1.807, 2.05) is 59.7 Å². The van der Waals surface area contributed by atoms with Crippen molar-refractivity contribution >= 4 is 11.6 Å². The lowest BCUT2D eigenvalue weighted by Gasteiger charge is -2.23. The first kappa shape index (κ1) is 16.7. The van der Waals surface area contributed by atoms with E-state index < -0.39 is 0 Å². The highest BCUT2D eigenvalue weighted by atomic mass is 35.5. The zero-order valence-electron chi connectivity index (χ0n) is 13.9. The van der Waals surface area contributed by atoms with Crippen molar-refractivity contribution in [1.29, 1.82) is 0 Å². The summed E-state index contributed by atoms with van der Waals surface area (Å²) in [5, 5.41) is 5.14. The molecule has 2 heterocycles. The molecule has 0 fully saturated rings. The quantitative estimate of drug-likeness (QED) is 0.680. The second-order valence-electron chi connectivity index (χ2n) is 6.03. The van der Waals surface area contributed by atoms with Gasteiger partial charge >= 0.3 is 0 Å². The van der Waals surface area contributed by atoms with E-state index in [4.69, 9.17) is 11.6 Å². The van der Waals surface area contributed by atoms with Crippen LogP contribution in [-0.2, 0) is 13.0 Å². The van der Waals surface area contributed by atoms with Crippen LogP contribution in [0.3, 0.4) is 0 Å². The molecule has 0 spiro atoms. The standard InChI is InChI=1S/C19H21ClN4/c1-15(11-17-7-5-6-10-21-17)23(2)13-16-12-22-24(14-16)19-9-4-3-8-18(19)20/h3-10,12,14-15H,11,13H2,1-2H3/t15-/m0/s1. The molecule has 0 radical (unpaired) electrons. The largest absolute Gasteiger partial charge is 0.299 e. The highest BCUT2D eigenvalue weighted by Crippen LogP contribution is 2.20. The van der Waals surface area contributed by atoms with Crippen LogP contribution in [0, 0.1) is 0 Å². The van der Waals surface area contributed by atoms with E-state index in [0.717, 1.165) is 29.9 Å². The van der Waals surface area contributed by atoms with Crippen molar-refractivity contribution < 1.29 is 0 Å². The smallest absolute Gasteiger partial charge is 0.0831 e. The number of likely N-dealkylation sites (N-methyl/N-ethyl adjacent to an activating group) is 1. The SMILES string of the molecule is C[C@@H](Cc1ccccn1)N(C)Cc1cnn(-c2ccccc2Cl)c1. The van der Waals surface area contributed by atoms with Crippen LogP contribution in [0.1, 0.15) is 18.2 Å². The van der Waals surface area contributed by atoms with Gasteiger partial charge in [-0.15, -0.1) is 0 Å². The number of halogens is 1. The van der Waals surface area contributed by atoms with Crippen LogP contribution in [0.4, 0.5) is 0 Å². The second kappa shape index (κ2) is 7.60. The second-order valence-corrected chi connectivity index (χ2v) is 6.44. The van der Waals surface area contributed by atoms with Gasteiger partial charge in [-0.1, -0.05) is 29.8 Å². The Labute approximate surface area is 147 Å². The summed E-state index contributed by atoms with van der Waals surface area (Å²) in [5.41, 5.74) is 3.17. The number of nitrogens with zero attached hydrogens (tertiary/aromatic N) is 4. The fourth-order valence-electron chi connectivity index (χ4n) is 2.63. The molecular formula is C19H21ClN4. The lowest BCUT2D eigenvalue weighted by Crippen LogP contribution is -2.30. The van der Waals surface area contributed by atoms with Gasteiger partial charge in [-0.25, -0.2) is 4.68 Å². The first-order valence-electron chi connectivity index (χ1n) is 8.02. The number of hydrogen-bond donors (Lipinski definition) is 0. The lowest BCUT2D eigenvalue weighted by atomic mass is 10.1. The van der Waals surface area contributed by atoms with Gasteiger partial charge in [0.05, 0.1) is 16.9 Å². The van der Waals surface area contributed by atoms with E-state index in [2.05, 4.69) is 35.0 Å². The van der Waals surface area contributed by atoms with E-state index in [1.54, 1.807) is 0 Å². The Bertz CT molecular complexity index is 785. The molecule has 0 unspecified atom stereocenters. The van der Waals surface area contributed by atoms with E-state index in [-0.39, 0.29) is 0 Å². The number of para-hydroxylation sites is 1. The molecule has 3 aromatic rings. The van der Waals surface area contributed by atoms with Gasteiger partial charge in [-0.2, -0.15) is 5.10 Å². The molecule has 0 amide bonds. The predicted octanol–water partition coefficient (Wildman–Crippen LogP) is 3.98. The highest BCUT2D eigenvalue weighted by Gasteiger charge is 2.13. The molecule has 0 bridgehead atoms. The lowest BCUT2D eigenvalue weighted by molar-refractivity contribution is 0.247. The zero-order chi connectivity index (χ0) is 16.9. The minimum Gasteiger partial charge on any atom is -0.299 e. The van der Waals surface area contributed by atoms with Crippen LogP contribution < -0.4 is 0 Å². The summed E-state index contributed by atoms with van der Waals surface area (Å²) < 4.78 is 1.83. The Kier molecular flexibility index (Phi) is 5.28. The number of pyridine rings is 1. The maximum atomic E-state index is 6.24. The summed E-state index contributed by atoms with van der Waals surface area (Å²) >= 11 is 6.24. The summed E-state index contributed by atoms with van der Waals surface area (Å²) in [6.07, 6.45) is 6.70. The molecule has 0 aliphatic rings. The molecule has 0 N–H and O–H groups in total. The average molecular weight is 341 g/mol. The number of hydrogen-bond acceptors (Lipinski definition) is 3. The molecular weight excluding hydrogens is 320 g/mol. The average Bonchev–Trinajstić information content (AvgIpc) is 3.04. The molecule has 24 heavy (non-hydrogen) atoms. The molecule has 0 aliphatic carbocycles. The molecule has 0 saturated carbocycles. The van der Waals surface area contributed by atoms with Crippen LogP contribution in [0.2, 0.25) is 5.02 Å².